The first-order valence-electron chi connectivity index (χ1n) is 4.19. The van der Waals surface area contributed by atoms with Crippen LogP contribution in [0.4, 0.5) is 0 Å². The average Bonchev–Trinajstić information content (AvgIpc) is 2.28. The first-order chi connectivity index (χ1) is 6.11. The van der Waals surface area contributed by atoms with Crippen molar-refractivity contribution in [3.8, 4) is 0 Å². The lowest BCUT2D eigenvalue weighted by Crippen LogP contribution is -2.02. The van der Waals surface area contributed by atoms with E-state index >= 15 is 0 Å². The van der Waals surface area contributed by atoms with Crippen LogP contribution in [0.1, 0.15) is 20.3 Å². The Morgan fingerprint density at radius 1 is 1.00 bits per heavy atom. The molecule has 0 aliphatic heterocycles. The van der Waals surface area contributed by atoms with Gasteiger partial charge in [-0.05, 0) is 25.0 Å². The molecule has 0 radical (unpaired) electrons. The maximum Gasteiger partial charge on any atom is 0.156 e. The molecule has 0 unspecified atom stereocenters. The van der Waals surface area contributed by atoms with Gasteiger partial charge in [0.15, 0.2) is 11.6 Å². The summed E-state index contributed by atoms with van der Waals surface area (Å²) in [6.07, 6.45) is 7.54. The molecule has 0 aromatic carbocycles. The molecule has 2 nitrogen and oxygen atoms in total. The third kappa shape index (κ3) is 2.51. The van der Waals surface area contributed by atoms with Gasteiger partial charge in [-0.1, -0.05) is 24.3 Å². The molecule has 0 saturated carbocycles. The van der Waals surface area contributed by atoms with E-state index in [1.165, 1.54) is 13.8 Å². The summed E-state index contributed by atoms with van der Waals surface area (Å²) in [7, 11) is 0. The SMILES string of the molecule is CC(=O)C1=CC=CC=C(C(C)=O)C1. The smallest absolute Gasteiger partial charge is 0.156 e. The monoisotopic (exact) mass is 176 g/mol. The van der Waals surface area contributed by atoms with Gasteiger partial charge in [0.2, 0.25) is 0 Å². The molecule has 0 aromatic heterocycles. The summed E-state index contributed by atoms with van der Waals surface area (Å²) in [5, 5.41) is 0. The molecule has 0 fully saturated rings. The van der Waals surface area contributed by atoms with E-state index < -0.39 is 0 Å². The molecule has 68 valence electrons. The minimum absolute atomic E-state index is 0.0266. The summed E-state index contributed by atoms with van der Waals surface area (Å²) in [5.74, 6) is 0.0531. The zero-order chi connectivity index (χ0) is 9.84. The summed E-state index contributed by atoms with van der Waals surface area (Å²) in [6, 6.07) is 0. The van der Waals surface area contributed by atoms with E-state index in [2.05, 4.69) is 0 Å². The van der Waals surface area contributed by atoms with E-state index in [1.54, 1.807) is 24.3 Å². The molecule has 1 aliphatic rings. The molecule has 0 spiro atoms. The van der Waals surface area contributed by atoms with Crippen LogP contribution in [0.5, 0.6) is 0 Å². The maximum absolute atomic E-state index is 11.1. The quantitative estimate of drug-likeness (QED) is 0.644. The fraction of sp³-hybridized carbons (Fsp3) is 0.273. The lowest BCUT2D eigenvalue weighted by atomic mass is 10.0. The molecule has 0 N–H and O–H groups in total. The molecule has 0 atom stereocenters. The number of ketones is 2. The number of allylic oxidation sites excluding steroid dienone is 6. The normalized spacial score (nSPS) is 15.8. The van der Waals surface area contributed by atoms with Crippen molar-refractivity contribution in [2.75, 3.05) is 0 Å². The standard InChI is InChI=1S/C11H12O2/c1-8(12)10-5-3-4-6-11(7-10)9(2)13/h3-6H,7H2,1-2H3. The van der Waals surface area contributed by atoms with Crippen LogP contribution in [0.2, 0.25) is 0 Å². The highest BCUT2D eigenvalue weighted by molar-refractivity contribution is 5.99. The Morgan fingerprint density at radius 3 is 1.69 bits per heavy atom. The van der Waals surface area contributed by atoms with Crippen molar-refractivity contribution in [3.05, 3.63) is 35.5 Å². The van der Waals surface area contributed by atoms with Crippen LogP contribution >= 0.6 is 0 Å². The second kappa shape index (κ2) is 3.99. The molecular weight excluding hydrogens is 164 g/mol. The van der Waals surface area contributed by atoms with Gasteiger partial charge < -0.3 is 0 Å². The van der Waals surface area contributed by atoms with Gasteiger partial charge in [-0.3, -0.25) is 9.59 Å². The first-order valence-corrected chi connectivity index (χ1v) is 4.19. The van der Waals surface area contributed by atoms with Crippen molar-refractivity contribution in [2.45, 2.75) is 20.3 Å². The molecule has 2 heteroatoms. The van der Waals surface area contributed by atoms with E-state index in [0.717, 1.165) is 0 Å². The number of carbonyl (C=O) groups is 2. The molecule has 0 saturated heterocycles. The summed E-state index contributed by atoms with van der Waals surface area (Å²) in [6.45, 7) is 3.03. The minimum Gasteiger partial charge on any atom is -0.295 e. The number of hydrogen-bond donors (Lipinski definition) is 0. The van der Waals surface area contributed by atoms with Crippen LogP contribution in [0.3, 0.4) is 0 Å². The third-order valence-electron chi connectivity index (χ3n) is 1.99. The highest BCUT2D eigenvalue weighted by Gasteiger charge is 2.10. The fourth-order valence-corrected chi connectivity index (χ4v) is 1.15. The molecule has 0 amide bonds. The highest BCUT2D eigenvalue weighted by Crippen LogP contribution is 2.16. The Bertz CT molecular complexity index is 298. The van der Waals surface area contributed by atoms with Crippen LogP contribution in [-0.4, -0.2) is 11.6 Å². The predicted octanol–water partition coefficient (Wildman–Crippen LogP) is 1.98. The van der Waals surface area contributed by atoms with Gasteiger partial charge in [-0.25, -0.2) is 0 Å². The van der Waals surface area contributed by atoms with Crippen LogP contribution in [0, 0.1) is 0 Å². The van der Waals surface area contributed by atoms with Crippen LogP contribution < -0.4 is 0 Å². The van der Waals surface area contributed by atoms with Crippen molar-refractivity contribution in [1.29, 1.82) is 0 Å². The molecule has 0 heterocycles. The van der Waals surface area contributed by atoms with Gasteiger partial charge in [0, 0.05) is 6.42 Å². The zero-order valence-corrected chi connectivity index (χ0v) is 7.83. The lowest BCUT2D eigenvalue weighted by Gasteiger charge is -2.02. The van der Waals surface area contributed by atoms with E-state index in [0.29, 0.717) is 17.6 Å². The topological polar surface area (TPSA) is 34.1 Å². The second-order valence-electron chi connectivity index (χ2n) is 3.06. The second-order valence-corrected chi connectivity index (χ2v) is 3.06. The molecule has 1 aliphatic carbocycles. The largest absolute Gasteiger partial charge is 0.295 e. The minimum atomic E-state index is 0.0266. The summed E-state index contributed by atoms with van der Waals surface area (Å²) in [5.41, 5.74) is 1.38. The van der Waals surface area contributed by atoms with E-state index in [4.69, 9.17) is 0 Å². The first kappa shape index (κ1) is 9.65. The summed E-state index contributed by atoms with van der Waals surface area (Å²) in [4.78, 5) is 22.2. The average molecular weight is 176 g/mol. The van der Waals surface area contributed by atoms with Gasteiger partial charge in [0.25, 0.3) is 0 Å². The van der Waals surface area contributed by atoms with Crippen molar-refractivity contribution < 1.29 is 9.59 Å². The highest BCUT2D eigenvalue weighted by atomic mass is 16.1. The molecule has 1 rings (SSSR count). The number of rotatable bonds is 2. The fourth-order valence-electron chi connectivity index (χ4n) is 1.15. The predicted molar refractivity (Wildman–Crippen MR) is 51.3 cm³/mol. The van der Waals surface area contributed by atoms with Crippen LogP contribution in [0.15, 0.2) is 35.5 Å². The maximum atomic E-state index is 11.1. The summed E-state index contributed by atoms with van der Waals surface area (Å²) >= 11 is 0. The van der Waals surface area contributed by atoms with E-state index in [-0.39, 0.29) is 11.6 Å². The van der Waals surface area contributed by atoms with Crippen molar-refractivity contribution in [3.63, 3.8) is 0 Å². The Labute approximate surface area is 77.6 Å². The van der Waals surface area contributed by atoms with Gasteiger partial charge in [-0.2, -0.15) is 0 Å². The number of Topliss-reactive ketones (excluding diaryl/α,β-unsaturated/α-hetero) is 2. The van der Waals surface area contributed by atoms with Gasteiger partial charge >= 0.3 is 0 Å². The number of hydrogen-bond acceptors (Lipinski definition) is 2. The molecule has 0 bridgehead atoms. The summed E-state index contributed by atoms with van der Waals surface area (Å²) < 4.78 is 0. The third-order valence-corrected chi connectivity index (χ3v) is 1.99. The Morgan fingerprint density at radius 2 is 1.38 bits per heavy atom. The van der Waals surface area contributed by atoms with Crippen LogP contribution in [-0.2, 0) is 9.59 Å². The Kier molecular flexibility index (Phi) is 2.96. The zero-order valence-electron chi connectivity index (χ0n) is 7.83. The lowest BCUT2D eigenvalue weighted by molar-refractivity contribution is -0.113. The Hall–Kier alpha value is -1.44. The van der Waals surface area contributed by atoms with E-state index in [1.807, 2.05) is 0 Å². The Balaban J connectivity index is 2.92. The molecular formula is C11H12O2. The van der Waals surface area contributed by atoms with Crippen molar-refractivity contribution in [2.24, 2.45) is 0 Å². The van der Waals surface area contributed by atoms with Gasteiger partial charge in [0.1, 0.15) is 0 Å². The van der Waals surface area contributed by atoms with Gasteiger partial charge in [0.05, 0.1) is 0 Å². The van der Waals surface area contributed by atoms with Crippen molar-refractivity contribution >= 4 is 11.6 Å². The van der Waals surface area contributed by atoms with Crippen molar-refractivity contribution in [1.82, 2.24) is 0 Å². The van der Waals surface area contributed by atoms with E-state index in [9.17, 15) is 9.59 Å². The molecule has 0 aromatic rings. The van der Waals surface area contributed by atoms with Gasteiger partial charge in [-0.15, -0.1) is 0 Å². The van der Waals surface area contributed by atoms with Crippen LogP contribution in [0.25, 0.3) is 0 Å². The number of carbonyl (C=O) groups excluding carboxylic acids is 2. The molecule has 13 heavy (non-hydrogen) atoms.